The average Bonchev–Trinajstić information content (AvgIpc) is 3.78. The van der Waals surface area contributed by atoms with Crippen molar-refractivity contribution in [1.29, 1.82) is 0 Å². The predicted octanol–water partition coefficient (Wildman–Crippen LogP) is 7.27. The Hall–Kier alpha value is -3.87. The van der Waals surface area contributed by atoms with Gasteiger partial charge < -0.3 is 14.4 Å². The molecule has 0 N–H and O–H groups in total. The average molecular weight is 631 g/mol. The van der Waals surface area contributed by atoms with Crippen LogP contribution in [0.5, 0.6) is 11.5 Å². The van der Waals surface area contributed by atoms with Gasteiger partial charge in [-0.1, -0.05) is 30.4 Å². The van der Waals surface area contributed by atoms with Gasteiger partial charge in [0, 0.05) is 41.2 Å². The monoisotopic (exact) mass is 630 g/mol. The highest BCUT2D eigenvalue weighted by Gasteiger charge is 2.22. The molecule has 1 aliphatic heterocycles. The van der Waals surface area contributed by atoms with Gasteiger partial charge in [-0.25, -0.2) is 19.5 Å². The highest BCUT2D eigenvalue weighted by molar-refractivity contribution is 7.22. The van der Waals surface area contributed by atoms with Crippen molar-refractivity contribution in [2.45, 2.75) is 40.2 Å². The van der Waals surface area contributed by atoms with Crippen molar-refractivity contribution in [2.75, 3.05) is 20.2 Å². The summed E-state index contributed by atoms with van der Waals surface area (Å²) >= 11 is 4.71. The van der Waals surface area contributed by atoms with Gasteiger partial charge in [0.2, 0.25) is 4.96 Å². The van der Waals surface area contributed by atoms with E-state index in [1.807, 2.05) is 54.4 Å². The number of hydrogen-bond acceptors (Lipinski definition) is 10. The topological polar surface area (TPSA) is 94.7 Å². The zero-order valence-corrected chi connectivity index (χ0v) is 26.7. The number of aryl methyl sites for hydroxylation is 2. The normalized spacial score (nSPS) is 15.4. The molecule has 6 aromatic rings. The van der Waals surface area contributed by atoms with Crippen LogP contribution in [0.1, 0.15) is 45.7 Å². The van der Waals surface area contributed by atoms with Crippen molar-refractivity contribution in [3.8, 4) is 32.8 Å². The van der Waals surface area contributed by atoms with Gasteiger partial charge in [-0.3, -0.25) is 4.79 Å². The fourth-order valence-corrected chi connectivity index (χ4v) is 7.97. The third kappa shape index (κ3) is 5.50. The zero-order chi connectivity index (χ0) is 29.7. The summed E-state index contributed by atoms with van der Waals surface area (Å²) < 4.78 is 14.6. The van der Waals surface area contributed by atoms with Gasteiger partial charge in [-0.15, -0.1) is 22.7 Å². The Morgan fingerprint density at radius 3 is 2.65 bits per heavy atom. The Morgan fingerprint density at radius 1 is 1.05 bits per heavy atom. The zero-order valence-electron chi connectivity index (χ0n) is 24.3. The van der Waals surface area contributed by atoms with Crippen molar-refractivity contribution in [3.63, 3.8) is 0 Å². The van der Waals surface area contributed by atoms with Gasteiger partial charge in [0.1, 0.15) is 38.8 Å². The lowest BCUT2D eigenvalue weighted by molar-refractivity contribution is 0.0683. The molecule has 9 nitrogen and oxygen atoms in total. The van der Waals surface area contributed by atoms with Crippen molar-refractivity contribution < 1.29 is 14.3 Å². The first-order valence-electron chi connectivity index (χ1n) is 14.1. The maximum Gasteiger partial charge on any atom is 0.253 e. The lowest BCUT2D eigenvalue weighted by Crippen LogP contribution is -2.39. The molecule has 12 heteroatoms. The molecule has 0 aliphatic carbocycles. The Morgan fingerprint density at radius 2 is 1.88 bits per heavy atom. The first-order chi connectivity index (χ1) is 20.8. The van der Waals surface area contributed by atoms with Crippen LogP contribution in [0.3, 0.4) is 0 Å². The van der Waals surface area contributed by atoms with Crippen LogP contribution in [0.15, 0.2) is 42.6 Å². The van der Waals surface area contributed by atoms with Crippen molar-refractivity contribution in [3.05, 3.63) is 63.7 Å². The van der Waals surface area contributed by atoms with E-state index in [0.29, 0.717) is 24.0 Å². The summed E-state index contributed by atoms with van der Waals surface area (Å²) in [5, 5.41) is 7.14. The number of piperidine rings is 1. The Labute approximate surface area is 260 Å². The first kappa shape index (κ1) is 27.9. The van der Waals surface area contributed by atoms with E-state index >= 15 is 0 Å². The summed E-state index contributed by atoms with van der Waals surface area (Å²) in [6.07, 6.45) is 4.17. The maximum atomic E-state index is 13.0. The van der Waals surface area contributed by atoms with E-state index < -0.39 is 0 Å². The third-order valence-corrected chi connectivity index (χ3v) is 10.6. The summed E-state index contributed by atoms with van der Waals surface area (Å²) in [6, 6.07) is 11.6. The number of benzene rings is 2. The van der Waals surface area contributed by atoms with Crippen LogP contribution in [0, 0.1) is 19.8 Å². The van der Waals surface area contributed by atoms with Crippen molar-refractivity contribution in [2.24, 2.45) is 5.92 Å². The second-order valence-electron chi connectivity index (χ2n) is 10.9. The predicted molar refractivity (Wildman–Crippen MR) is 172 cm³/mol. The van der Waals surface area contributed by atoms with Crippen molar-refractivity contribution >= 4 is 55.1 Å². The highest BCUT2D eigenvalue weighted by atomic mass is 32.1. The highest BCUT2D eigenvalue weighted by Crippen LogP contribution is 2.39. The number of carbonyl (C=O) groups is 1. The van der Waals surface area contributed by atoms with E-state index in [2.05, 4.69) is 18.9 Å². The summed E-state index contributed by atoms with van der Waals surface area (Å²) in [4.78, 5) is 31.4. The number of likely N-dealkylation sites (tertiary alicyclic amines) is 1. The van der Waals surface area contributed by atoms with Crippen LogP contribution in [-0.2, 0) is 6.61 Å². The number of ether oxygens (including phenoxy) is 2. The van der Waals surface area contributed by atoms with Crippen LogP contribution in [0.25, 0.3) is 36.5 Å². The number of nitrogens with zero attached hydrogens (tertiary/aromatic N) is 6. The molecule has 5 heterocycles. The Balaban J connectivity index is 1.10. The van der Waals surface area contributed by atoms with Crippen LogP contribution < -0.4 is 9.47 Å². The van der Waals surface area contributed by atoms with E-state index in [4.69, 9.17) is 24.4 Å². The SMILES string of the molecule is COc1cc(OCc2nc(-c3ccc(C(=O)N4CCC[C@H](C)C4)cc3)sc2C)c2sc(-c3cn4nc(C)sc4n3)nc2c1. The molecule has 1 amide bonds. The molecule has 4 aromatic heterocycles. The molecule has 1 atom stereocenters. The quantitative estimate of drug-likeness (QED) is 0.183. The molecular formula is C31H30N6O3S3. The minimum absolute atomic E-state index is 0.109. The molecule has 0 bridgehead atoms. The molecule has 1 aliphatic rings. The molecule has 2 aromatic carbocycles. The van der Waals surface area contributed by atoms with Gasteiger partial charge in [0.25, 0.3) is 5.91 Å². The number of fused-ring (bicyclic) bond motifs is 2. The lowest BCUT2D eigenvalue weighted by Gasteiger charge is -2.31. The molecular weight excluding hydrogens is 601 g/mol. The number of thiazole rings is 2. The minimum Gasteiger partial charge on any atom is -0.497 e. The number of hydrogen-bond donors (Lipinski definition) is 0. The molecule has 43 heavy (non-hydrogen) atoms. The van der Waals surface area contributed by atoms with E-state index in [1.54, 1.807) is 34.3 Å². The number of methoxy groups -OCH3 is 1. The van der Waals surface area contributed by atoms with E-state index in [1.165, 1.54) is 17.8 Å². The molecule has 1 saturated heterocycles. The summed E-state index contributed by atoms with van der Waals surface area (Å²) in [5.41, 5.74) is 4.16. The standard InChI is InChI=1S/C31H30N6O3S3/c1-17-6-5-11-36(14-17)30(38)21-9-7-20(8-10-21)28-33-25(18(2)41-28)16-40-26-13-22(39-4)12-23-27(26)43-29(32-23)24-15-37-31(34-24)42-19(3)35-37/h7-10,12-13,15,17H,5-6,11,14,16H2,1-4H3/t17-/m0/s1. The summed E-state index contributed by atoms with van der Waals surface area (Å²) in [7, 11) is 1.64. The number of aromatic nitrogens is 5. The molecule has 0 spiro atoms. The molecule has 0 radical (unpaired) electrons. The second-order valence-corrected chi connectivity index (χ2v) is 14.2. The van der Waals surface area contributed by atoms with Gasteiger partial charge in [0.15, 0.2) is 0 Å². The Kier molecular flexibility index (Phi) is 7.36. The second kappa shape index (κ2) is 11.3. The maximum absolute atomic E-state index is 13.0. The van der Waals surface area contributed by atoms with Crippen LogP contribution in [0.2, 0.25) is 0 Å². The lowest BCUT2D eigenvalue weighted by atomic mass is 9.99. The smallest absolute Gasteiger partial charge is 0.253 e. The summed E-state index contributed by atoms with van der Waals surface area (Å²) in [5.74, 6) is 2.03. The van der Waals surface area contributed by atoms with Gasteiger partial charge in [0.05, 0.1) is 29.2 Å². The summed E-state index contributed by atoms with van der Waals surface area (Å²) in [6.45, 7) is 8.21. The fourth-order valence-electron chi connectivity index (χ4n) is 5.36. The van der Waals surface area contributed by atoms with Crippen molar-refractivity contribution in [1.82, 2.24) is 29.5 Å². The van der Waals surface area contributed by atoms with Crippen LogP contribution >= 0.6 is 34.0 Å². The van der Waals surface area contributed by atoms with E-state index in [-0.39, 0.29) is 5.91 Å². The van der Waals surface area contributed by atoms with Gasteiger partial charge in [-0.05, 0) is 44.7 Å². The van der Waals surface area contributed by atoms with E-state index in [0.717, 1.165) is 77.1 Å². The molecule has 0 saturated carbocycles. The van der Waals surface area contributed by atoms with Gasteiger partial charge in [-0.2, -0.15) is 5.10 Å². The molecule has 0 unspecified atom stereocenters. The van der Waals surface area contributed by atoms with Crippen LogP contribution in [-0.4, -0.2) is 55.6 Å². The third-order valence-electron chi connectivity index (χ3n) is 7.61. The van der Waals surface area contributed by atoms with Gasteiger partial charge >= 0.3 is 0 Å². The largest absolute Gasteiger partial charge is 0.497 e. The van der Waals surface area contributed by atoms with E-state index in [9.17, 15) is 4.79 Å². The molecule has 1 fully saturated rings. The number of rotatable bonds is 7. The number of carbonyl (C=O) groups excluding carboxylic acids is 1. The molecule has 7 rings (SSSR count). The molecule has 220 valence electrons. The van der Waals surface area contributed by atoms with Crippen LogP contribution in [0.4, 0.5) is 0 Å². The fraction of sp³-hybridized carbons (Fsp3) is 0.323. The number of imidazole rings is 1. The Bertz CT molecular complexity index is 1920. The minimum atomic E-state index is 0.109. The first-order valence-corrected chi connectivity index (χ1v) is 16.6. The number of amides is 1.